The van der Waals surface area contributed by atoms with Crippen molar-refractivity contribution in [3.8, 4) is 5.69 Å². The van der Waals surface area contributed by atoms with Gasteiger partial charge in [0.15, 0.2) is 0 Å². The lowest BCUT2D eigenvalue weighted by Gasteiger charge is -2.19. The minimum absolute atomic E-state index is 0.360. The van der Waals surface area contributed by atoms with E-state index in [0.717, 1.165) is 18.7 Å². The highest BCUT2D eigenvalue weighted by molar-refractivity contribution is 5.30. The second kappa shape index (κ2) is 6.20. The Kier molecular flexibility index (Phi) is 4.14. The molecule has 2 unspecified atom stereocenters. The van der Waals surface area contributed by atoms with Gasteiger partial charge in [-0.2, -0.15) is 5.10 Å². The summed E-state index contributed by atoms with van der Waals surface area (Å²) in [5, 5.41) is 8.00. The summed E-state index contributed by atoms with van der Waals surface area (Å²) in [7, 11) is 1.80. The minimum atomic E-state index is 0.360. The van der Waals surface area contributed by atoms with Gasteiger partial charge in [0.25, 0.3) is 0 Å². The molecule has 0 saturated heterocycles. The second-order valence-electron chi connectivity index (χ2n) is 5.32. The fourth-order valence-corrected chi connectivity index (χ4v) is 2.86. The predicted octanol–water partition coefficient (Wildman–Crippen LogP) is 2.53. The third-order valence-electron chi connectivity index (χ3n) is 3.98. The molecule has 1 aliphatic carbocycles. The summed E-state index contributed by atoms with van der Waals surface area (Å²) in [6, 6.07) is 10.7. The molecule has 0 spiro atoms. The second-order valence-corrected chi connectivity index (χ2v) is 5.32. The van der Waals surface area contributed by atoms with Crippen molar-refractivity contribution in [2.24, 2.45) is 0 Å². The van der Waals surface area contributed by atoms with Crippen LogP contribution in [0.5, 0.6) is 0 Å². The summed E-state index contributed by atoms with van der Waals surface area (Å²) in [5.74, 6) is 0. The zero-order chi connectivity index (χ0) is 13.8. The van der Waals surface area contributed by atoms with Crippen LogP contribution in [0.25, 0.3) is 5.69 Å². The molecule has 0 radical (unpaired) electrons. The van der Waals surface area contributed by atoms with Crippen molar-refractivity contribution in [1.29, 1.82) is 0 Å². The van der Waals surface area contributed by atoms with Crippen LogP contribution < -0.4 is 5.32 Å². The number of para-hydroxylation sites is 1. The average Bonchev–Trinajstić information content (AvgIpc) is 3.15. The van der Waals surface area contributed by atoms with Crippen LogP contribution in [0, 0.1) is 0 Å². The number of hydrogen-bond acceptors (Lipinski definition) is 3. The van der Waals surface area contributed by atoms with Crippen molar-refractivity contribution in [2.75, 3.05) is 7.11 Å². The Balaban J connectivity index is 1.60. The summed E-state index contributed by atoms with van der Waals surface area (Å²) < 4.78 is 7.42. The Hall–Kier alpha value is -1.65. The normalized spacial score (nSPS) is 22.2. The van der Waals surface area contributed by atoms with Gasteiger partial charge in [0, 0.05) is 31.5 Å². The Labute approximate surface area is 119 Å². The van der Waals surface area contributed by atoms with Crippen molar-refractivity contribution in [1.82, 2.24) is 15.1 Å². The first-order chi connectivity index (χ1) is 9.86. The highest BCUT2D eigenvalue weighted by Gasteiger charge is 2.26. The molecule has 1 aromatic carbocycles. The van der Waals surface area contributed by atoms with E-state index >= 15 is 0 Å². The zero-order valence-corrected chi connectivity index (χ0v) is 11.8. The fourth-order valence-electron chi connectivity index (χ4n) is 2.86. The molecule has 4 heteroatoms. The van der Waals surface area contributed by atoms with E-state index in [0.29, 0.717) is 12.1 Å². The third kappa shape index (κ3) is 2.92. The predicted molar refractivity (Wildman–Crippen MR) is 78.8 cm³/mol. The molecule has 3 rings (SSSR count). The van der Waals surface area contributed by atoms with Gasteiger partial charge in [-0.25, -0.2) is 4.68 Å². The Morgan fingerprint density at radius 3 is 2.95 bits per heavy atom. The molecule has 4 nitrogen and oxygen atoms in total. The lowest BCUT2D eigenvalue weighted by molar-refractivity contribution is 0.0847. The quantitative estimate of drug-likeness (QED) is 0.908. The van der Waals surface area contributed by atoms with E-state index < -0.39 is 0 Å². The van der Waals surface area contributed by atoms with Gasteiger partial charge in [-0.15, -0.1) is 0 Å². The molecule has 1 heterocycles. The van der Waals surface area contributed by atoms with Gasteiger partial charge in [-0.1, -0.05) is 18.2 Å². The van der Waals surface area contributed by atoms with Crippen LogP contribution in [0.15, 0.2) is 42.7 Å². The molecule has 0 bridgehead atoms. The molecule has 1 saturated carbocycles. The molecule has 2 aromatic rings. The smallest absolute Gasteiger partial charge is 0.0724 e. The van der Waals surface area contributed by atoms with Gasteiger partial charge in [0.05, 0.1) is 18.0 Å². The van der Waals surface area contributed by atoms with Gasteiger partial charge < -0.3 is 10.1 Å². The van der Waals surface area contributed by atoms with Gasteiger partial charge >= 0.3 is 0 Å². The lowest BCUT2D eigenvalue weighted by atomic mass is 10.2. The van der Waals surface area contributed by atoms with Crippen LogP contribution in [0.3, 0.4) is 0 Å². The highest BCUT2D eigenvalue weighted by atomic mass is 16.5. The topological polar surface area (TPSA) is 39.1 Å². The molecule has 0 aliphatic heterocycles. The first kappa shape index (κ1) is 13.3. The maximum atomic E-state index is 5.50. The molecule has 1 N–H and O–H groups in total. The molecule has 2 atom stereocenters. The summed E-state index contributed by atoms with van der Waals surface area (Å²) in [5.41, 5.74) is 2.30. The molecule has 20 heavy (non-hydrogen) atoms. The van der Waals surface area contributed by atoms with Crippen molar-refractivity contribution < 1.29 is 4.74 Å². The molecule has 1 aromatic heterocycles. The van der Waals surface area contributed by atoms with E-state index in [-0.39, 0.29) is 0 Å². The Morgan fingerprint density at radius 1 is 1.30 bits per heavy atom. The molecule has 106 valence electrons. The van der Waals surface area contributed by atoms with Gasteiger partial charge in [0.1, 0.15) is 0 Å². The third-order valence-corrected chi connectivity index (χ3v) is 3.98. The average molecular weight is 271 g/mol. The molecular weight excluding hydrogens is 250 g/mol. The summed E-state index contributed by atoms with van der Waals surface area (Å²) >= 11 is 0. The molecule has 1 fully saturated rings. The number of hydrogen-bond donors (Lipinski definition) is 1. The van der Waals surface area contributed by atoms with Crippen molar-refractivity contribution in [3.05, 3.63) is 48.3 Å². The number of aromatic nitrogens is 2. The highest BCUT2D eigenvalue weighted by Crippen LogP contribution is 2.21. The Morgan fingerprint density at radius 2 is 2.15 bits per heavy atom. The van der Waals surface area contributed by atoms with Crippen LogP contribution in [0.1, 0.15) is 24.8 Å². The standard InChI is InChI=1S/C16H21N3O/c1-20-16-9-5-8-15(16)17-10-13-11-18-19(12-13)14-6-3-2-4-7-14/h2-4,6-7,11-12,15-17H,5,8-10H2,1H3. The monoisotopic (exact) mass is 271 g/mol. The molecule has 0 amide bonds. The number of rotatable bonds is 5. The number of nitrogens with zero attached hydrogens (tertiary/aromatic N) is 2. The lowest BCUT2D eigenvalue weighted by Crippen LogP contribution is -2.36. The van der Waals surface area contributed by atoms with E-state index in [4.69, 9.17) is 4.74 Å². The maximum absolute atomic E-state index is 5.50. The number of benzene rings is 1. The summed E-state index contributed by atoms with van der Waals surface area (Å²) in [6.45, 7) is 0.845. The SMILES string of the molecule is COC1CCCC1NCc1cnn(-c2ccccc2)c1. The first-order valence-electron chi connectivity index (χ1n) is 7.22. The van der Waals surface area contributed by atoms with Gasteiger partial charge in [0.2, 0.25) is 0 Å². The largest absolute Gasteiger partial charge is 0.380 e. The molecule has 1 aliphatic rings. The fraction of sp³-hybridized carbons (Fsp3) is 0.438. The van der Waals surface area contributed by atoms with Crippen molar-refractivity contribution >= 4 is 0 Å². The number of nitrogens with one attached hydrogen (secondary N) is 1. The Bertz CT molecular complexity index is 538. The molecular formula is C16H21N3O. The van der Waals surface area contributed by atoms with Crippen LogP contribution in [0.4, 0.5) is 0 Å². The minimum Gasteiger partial charge on any atom is -0.380 e. The van der Waals surface area contributed by atoms with E-state index in [9.17, 15) is 0 Å². The van der Waals surface area contributed by atoms with Crippen LogP contribution in [0.2, 0.25) is 0 Å². The van der Waals surface area contributed by atoms with Gasteiger partial charge in [-0.05, 0) is 31.4 Å². The van der Waals surface area contributed by atoms with E-state index in [1.54, 1.807) is 7.11 Å². The first-order valence-corrected chi connectivity index (χ1v) is 7.22. The maximum Gasteiger partial charge on any atom is 0.0724 e. The van der Waals surface area contributed by atoms with E-state index in [1.807, 2.05) is 29.1 Å². The number of ether oxygens (including phenoxy) is 1. The van der Waals surface area contributed by atoms with E-state index in [2.05, 4.69) is 28.7 Å². The number of methoxy groups -OCH3 is 1. The van der Waals surface area contributed by atoms with E-state index in [1.165, 1.54) is 18.4 Å². The summed E-state index contributed by atoms with van der Waals surface area (Å²) in [6.07, 6.45) is 7.98. The van der Waals surface area contributed by atoms with Gasteiger partial charge in [-0.3, -0.25) is 0 Å². The van der Waals surface area contributed by atoms with Crippen LogP contribution in [-0.2, 0) is 11.3 Å². The van der Waals surface area contributed by atoms with Crippen LogP contribution >= 0.6 is 0 Å². The zero-order valence-electron chi connectivity index (χ0n) is 11.8. The van der Waals surface area contributed by atoms with Crippen LogP contribution in [-0.4, -0.2) is 29.0 Å². The summed E-state index contributed by atoms with van der Waals surface area (Å²) in [4.78, 5) is 0. The van der Waals surface area contributed by atoms with Crippen molar-refractivity contribution in [3.63, 3.8) is 0 Å². The van der Waals surface area contributed by atoms with Crippen molar-refractivity contribution in [2.45, 2.75) is 38.0 Å².